The molecule has 4 heteroatoms. The SMILES string of the molecule is COCCCNc1nccn1C1CCCCC1C. The van der Waals surface area contributed by atoms with E-state index in [1.165, 1.54) is 25.7 Å². The summed E-state index contributed by atoms with van der Waals surface area (Å²) in [6.45, 7) is 4.08. The van der Waals surface area contributed by atoms with Crippen molar-refractivity contribution < 1.29 is 4.74 Å². The highest BCUT2D eigenvalue weighted by molar-refractivity contribution is 5.26. The minimum absolute atomic E-state index is 0.617. The summed E-state index contributed by atoms with van der Waals surface area (Å²) in [6.07, 6.45) is 10.4. The first kappa shape index (κ1) is 13.4. The fourth-order valence-corrected chi connectivity index (χ4v) is 2.84. The summed E-state index contributed by atoms with van der Waals surface area (Å²) in [7, 11) is 1.74. The van der Waals surface area contributed by atoms with Crippen molar-refractivity contribution in [3.05, 3.63) is 12.4 Å². The number of nitrogens with one attached hydrogen (secondary N) is 1. The Balaban J connectivity index is 1.93. The van der Waals surface area contributed by atoms with E-state index < -0.39 is 0 Å². The molecule has 0 aliphatic heterocycles. The van der Waals surface area contributed by atoms with Crippen LogP contribution in [0.25, 0.3) is 0 Å². The maximum absolute atomic E-state index is 5.06. The summed E-state index contributed by atoms with van der Waals surface area (Å²) in [4.78, 5) is 4.43. The van der Waals surface area contributed by atoms with Gasteiger partial charge >= 0.3 is 0 Å². The summed E-state index contributed by atoms with van der Waals surface area (Å²) < 4.78 is 7.39. The first-order chi connectivity index (χ1) is 8.83. The van der Waals surface area contributed by atoms with Crippen molar-refractivity contribution in [1.29, 1.82) is 0 Å². The van der Waals surface area contributed by atoms with Gasteiger partial charge in [0.2, 0.25) is 5.95 Å². The average molecular weight is 251 g/mol. The van der Waals surface area contributed by atoms with E-state index in [4.69, 9.17) is 4.74 Å². The quantitative estimate of drug-likeness (QED) is 0.790. The van der Waals surface area contributed by atoms with Crippen LogP contribution in [0.3, 0.4) is 0 Å². The highest BCUT2D eigenvalue weighted by atomic mass is 16.5. The number of rotatable bonds is 6. The van der Waals surface area contributed by atoms with Gasteiger partial charge in [-0.25, -0.2) is 4.98 Å². The second-order valence-electron chi connectivity index (χ2n) is 5.26. The molecule has 1 heterocycles. The van der Waals surface area contributed by atoms with Crippen molar-refractivity contribution in [1.82, 2.24) is 9.55 Å². The van der Waals surface area contributed by atoms with E-state index in [2.05, 4.69) is 28.0 Å². The minimum Gasteiger partial charge on any atom is -0.385 e. The van der Waals surface area contributed by atoms with Gasteiger partial charge in [0.05, 0.1) is 0 Å². The number of hydrogen-bond acceptors (Lipinski definition) is 3. The molecule has 0 amide bonds. The first-order valence-electron chi connectivity index (χ1n) is 7.08. The third kappa shape index (κ3) is 3.25. The second-order valence-corrected chi connectivity index (χ2v) is 5.26. The van der Waals surface area contributed by atoms with E-state index in [0.717, 1.165) is 31.4 Å². The maximum atomic E-state index is 5.06. The van der Waals surface area contributed by atoms with E-state index in [1.54, 1.807) is 7.11 Å². The largest absolute Gasteiger partial charge is 0.385 e. The number of aromatic nitrogens is 2. The van der Waals surface area contributed by atoms with Gasteiger partial charge in [-0.05, 0) is 25.2 Å². The summed E-state index contributed by atoms with van der Waals surface area (Å²) in [6, 6.07) is 0.617. The van der Waals surface area contributed by atoms with Crippen molar-refractivity contribution >= 4 is 5.95 Å². The maximum Gasteiger partial charge on any atom is 0.203 e. The Bertz CT molecular complexity index is 351. The van der Waals surface area contributed by atoms with Gasteiger partial charge in [0, 0.05) is 38.7 Å². The zero-order chi connectivity index (χ0) is 12.8. The van der Waals surface area contributed by atoms with Crippen LogP contribution in [0, 0.1) is 5.92 Å². The molecule has 2 rings (SSSR count). The Kier molecular flexibility index (Phi) is 5.05. The second kappa shape index (κ2) is 6.78. The summed E-state index contributed by atoms with van der Waals surface area (Å²) in [5.41, 5.74) is 0. The van der Waals surface area contributed by atoms with Crippen molar-refractivity contribution in [3.63, 3.8) is 0 Å². The Hall–Kier alpha value is -1.03. The lowest BCUT2D eigenvalue weighted by Gasteiger charge is -2.31. The molecule has 1 fully saturated rings. The van der Waals surface area contributed by atoms with Crippen LogP contribution in [-0.2, 0) is 4.74 Å². The fraction of sp³-hybridized carbons (Fsp3) is 0.786. The first-order valence-corrected chi connectivity index (χ1v) is 7.08. The average Bonchev–Trinajstić information content (AvgIpc) is 2.83. The lowest BCUT2D eigenvalue weighted by atomic mass is 9.86. The molecule has 1 N–H and O–H groups in total. The smallest absolute Gasteiger partial charge is 0.203 e. The molecule has 0 bridgehead atoms. The van der Waals surface area contributed by atoms with E-state index >= 15 is 0 Å². The number of hydrogen-bond donors (Lipinski definition) is 1. The number of nitrogens with zero attached hydrogens (tertiary/aromatic N) is 2. The minimum atomic E-state index is 0.617. The number of methoxy groups -OCH3 is 1. The van der Waals surface area contributed by atoms with Gasteiger partial charge in [-0.15, -0.1) is 0 Å². The molecule has 18 heavy (non-hydrogen) atoms. The fourth-order valence-electron chi connectivity index (χ4n) is 2.84. The molecule has 1 aliphatic rings. The van der Waals surface area contributed by atoms with Crippen molar-refractivity contribution in [2.75, 3.05) is 25.6 Å². The molecule has 0 spiro atoms. The van der Waals surface area contributed by atoms with Crippen molar-refractivity contribution in [3.8, 4) is 0 Å². The Morgan fingerprint density at radius 3 is 3.06 bits per heavy atom. The molecule has 102 valence electrons. The van der Waals surface area contributed by atoms with E-state index in [1.807, 2.05) is 6.20 Å². The molecule has 1 aliphatic carbocycles. The van der Waals surface area contributed by atoms with Gasteiger partial charge in [-0.2, -0.15) is 0 Å². The number of anilines is 1. The van der Waals surface area contributed by atoms with E-state index in [-0.39, 0.29) is 0 Å². The Morgan fingerprint density at radius 1 is 1.44 bits per heavy atom. The van der Waals surface area contributed by atoms with E-state index in [0.29, 0.717) is 6.04 Å². The van der Waals surface area contributed by atoms with Crippen LogP contribution in [0.4, 0.5) is 5.95 Å². The normalized spacial score (nSPS) is 24.1. The van der Waals surface area contributed by atoms with Crippen molar-refractivity contribution in [2.45, 2.75) is 45.1 Å². The molecule has 1 aromatic heterocycles. The molecular weight excluding hydrogens is 226 g/mol. The van der Waals surface area contributed by atoms with Gasteiger partial charge in [-0.1, -0.05) is 19.8 Å². The Morgan fingerprint density at radius 2 is 2.28 bits per heavy atom. The van der Waals surface area contributed by atoms with Crippen LogP contribution in [0.1, 0.15) is 45.1 Å². The highest BCUT2D eigenvalue weighted by Crippen LogP contribution is 2.34. The predicted molar refractivity (Wildman–Crippen MR) is 73.9 cm³/mol. The van der Waals surface area contributed by atoms with Gasteiger partial charge in [-0.3, -0.25) is 0 Å². The van der Waals surface area contributed by atoms with Crippen LogP contribution in [0.15, 0.2) is 12.4 Å². The van der Waals surface area contributed by atoms with E-state index in [9.17, 15) is 0 Å². The molecule has 1 saturated carbocycles. The molecule has 0 radical (unpaired) electrons. The van der Waals surface area contributed by atoms with Crippen LogP contribution >= 0.6 is 0 Å². The summed E-state index contributed by atoms with van der Waals surface area (Å²) >= 11 is 0. The number of imidazole rings is 1. The molecule has 2 unspecified atom stereocenters. The Labute approximate surface area is 110 Å². The van der Waals surface area contributed by atoms with Gasteiger partial charge in [0.15, 0.2) is 0 Å². The summed E-state index contributed by atoms with van der Waals surface area (Å²) in [5, 5.41) is 3.42. The lowest BCUT2D eigenvalue weighted by molar-refractivity contribution is 0.197. The van der Waals surface area contributed by atoms with Crippen molar-refractivity contribution in [2.24, 2.45) is 5.92 Å². The molecule has 0 aromatic carbocycles. The summed E-state index contributed by atoms with van der Waals surface area (Å²) in [5.74, 6) is 1.78. The van der Waals surface area contributed by atoms with Crippen LogP contribution < -0.4 is 5.32 Å². The predicted octanol–water partition coefficient (Wildman–Crippen LogP) is 3.08. The third-order valence-electron chi connectivity index (χ3n) is 3.90. The molecule has 2 atom stereocenters. The highest BCUT2D eigenvalue weighted by Gasteiger charge is 2.24. The molecular formula is C14H25N3O. The van der Waals surface area contributed by atoms with Gasteiger partial charge in [0.25, 0.3) is 0 Å². The van der Waals surface area contributed by atoms with Crippen LogP contribution in [0.5, 0.6) is 0 Å². The zero-order valence-corrected chi connectivity index (χ0v) is 11.6. The topological polar surface area (TPSA) is 39.1 Å². The van der Waals surface area contributed by atoms with Crippen LogP contribution in [-0.4, -0.2) is 29.8 Å². The standard InChI is InChI=1S/C14H25N3O/c1-12-6-3-4-7-13(12)17-10-9-16-14(17)15-8-5-11-18-2/h9-10,12-13H,3-8,11H2,1-2H3,(H,15,16). The zero-order valence-electron chi connectivity index (χ0n) is 11.6. The molecule has 1 aromatic rings. The number of ether oxygens (including phenoxy) is 1. The van der Waals surface area contributed by atoms with Gasteiger partial charge in [0.1, 0.15) is 0 Å². The molecule has 4 nitrogen and oxygen atoms in total. The van der Waals surface area contributed by atoms with Gasteiger partial charge < -0.3 is 14.6 Å². The molecule has 0 saturated heterocycles. The lowest BCUT2D eigenvalue weighted by Crippen LogP contribution is -2.22. The monoisotopic (exact) mass is 251 g/mol. The van der Waals surface area contributed by atoms with Crippen LogP contribution in [0.2, 0.25) is 0 Å². The third-order valence-corrected chi connectivity index (χ3v) is 3.90.